The first-order valence-electron chi connectivity index (χ1n) is 4.05. The summed E-state index contributed by atoms with van der Waals surface area (Å²) in [6, 6.07) is 0.0222. The van der Waals surface area contributed by atoms with Crippen LogP contribution in [0.15, 0.2) is 0 Å². The van der Waals surface area contributed by atoms with E-state index in [4.69, 9.17) is 5.73 Å². The number of nitrogens with two attached hydrogens (primary N) is 1. The van der Waals surface area contributed by atoms with Gasteiger partial charge in [0.15, 0.2) is 0 Å². The van der Waals surface area contributed by atoms with E-state index in [0.29, 0.717) is 13.0 Å². The molecule has 0 saturated carbocycles. The smallest absolute Gasteiger partial charge is 0.218 e. The number of carbonyl (C=O) groups excluding carboxylic acids is 1. The molecular formula is C8H18N2O2. The van der Waals surface area contributed by atoms with Gasteiger partial charge in [-0.2, -0.15) is 0 Å². The average Bonchev–Trinajstić information content (AvgIpc) is 1.80. The quantitative estimate of drug-likeness (QED) is 0.531. The van der Waals surface area contributed by atoms with Crippen LogP contribution in [0, 0.1) is 0 Å². The summed E-state index contributed by atoms with van der Waals surface area (Å²) < 4.78 is 0. The van der Waals surface area contributed by atoms with Crippen LogP contribution in [0.5, 0.6) is 0 Å². The Morgan fingerprint density at radius 3 is 2.50 bits per heavy atom. The molecule has 1 unspecified atom stereocenters. The summed E-state index contributed by atoms with van der Waals surface area (Å²) in [5.74, 6) is -0.328. The van der Waals surface area contributed by atoms with E-state index in [1.165, 1.54) is 0 Å². The van der Waals surface area contributed by atoms with Gasteiger partial charge in [-0.05, 0) is 20.8 Å². The maximum absolute atomic E-state index is 10.5. The zero-order valence-electron chi connectivity index (χ0n) is 7.92. The highest BCUT2D eigenvalue weighted by atomic mass is 16.3. The Kier molecular flexibility index (Phi) is 4.20. The summed E-state index contributed by atoms with van der Waals surface area (Å²) in [6.45, 7) is 5.73. The Balaban J connectivity index is 3.57. The molecule has 0 fully saturated rings. The summed E-state index contributed by atoms with van der Waals surface area (Å²) >= 11 is 0. The highest BCUT2D eigenvalue weighted by Gasteiger charge is 2.14. The number of hydrogen-bond acceptors (Lipinski definition) is 3. The van der Waals surface area contributed by atoms with Crippen LogP contribution in [-0.4, -0.2) is 29.2 Å². The van der Waals surface area contributed by atoms with E-state index in [2.05, 4.69) is 5.32 Å². The van der Waals surface area contributed by atoms with Crippen molar-refractivity contribution in [1.82, 2.24) is 5.32 Å². The molecule has 0 aromatic carbocycles. The Morgan fingerprint density at radius 2 is 2.17 bits per heavy atom. The van der Waals surface area contributed by atoms with Crippen molar-refractivity contribution < 1.29 is 9.90 Å². The van der Waals surface area contributed by atoms with Gasteiger partial charge < -0.3 is 16.2 Å². The first-order chi connectivity index (χ1) is 5.31. The van der Waals surface area contributed by atoms with Crippen LogP contribution in [0.1, 0.15) is 27.2 Å². The number of rotatable bonds is 5. The zero-order chi connectivity index (χ0) is 9.78. The van der Waals surface area contributed by atoms with Gasteiger partial charge in [0.25, 0.3) is 0 Å². The minimum absolute atomic E-state index is 0.0222. The minimum Gasteiger partial charge on any atom is -0.389 e. The van der Waals surface area contributed by atoms with E-state index in [1.54, 1.807) is 13.8 Å². The summed E-state index contributed by atoms with van der Waals surface area (Å²) in [7, 11) is 0. The Bertz CT molecular complexity index is 152. The fraction of sp³-hybridized carbons (Fsp3) is 0.875. The Labute approximate surface area is 73.1 Å². The molecule has 0 bridgehead atoms. The van der Waals surface area contributed by atoms with Crippen molar-refractivity contribution in [2.75, 3.05) is 6.54 Å². The number of amides is 1. The van der Waals surface area contributed by atoms with Crippen LogP contribution >= 0.6 is 0 Å². The molecule has 0 aliphatic rings. The third-order valence-electron chi connectivity index (χ3n) is 1.39. The second-order valence-electron chi connectivity index (χ2n) is 3.76. The molecule has 12 heavy (non-hydrogen) atoms. The van der Waals surface area contributed by atoms with Crippen molar-refractivity contribution in [1.29, 1.82) is 0 Å². The van der Waals surface area contributed by atoms with Gasteiger partial charge in [-0.3, -0.25) is 4.79 Å². The number of primary amides is 1. The molecule has 0 heterocycles. The van der Waals surface area contributed by atoms with E-state index < -0.39 is 5.60 Å². The normalized spacial score (nSPS) is 14.3. The molecule has 1 atom stereocenters. The average molecular weight is 174 g/mol. The summed E-state index contributed by atoms with van der Waals surface area (Å²) in [4.78, 5) is 10.5. The largest absolute Gasteiger partial charge is 0.389 e. The highest BCUT2D eigenvalue weighted by Crippen LogP contribution is 1.99. The summed E-state index contributed by atoms with van der Waals surface area (Å²) in [6.07, 6.45) is 0.302. The van der Waals surface area contributed by atoms with Crippen molar-refractivity contribution in [3.63, 3.8) is 0 Å². The lowest BCUT2D eigenvalue weighted by atomic mass is 10.1. The van der Waals surface area contributed by atoms with Crippen LogP contribution < -0.4 is 11.1 Å². The van der Waals surface area contributed by atoms with Gasteiger partial charge in [0.2, 0.25) is 5.91 Å². The summed E-state index contributed by atoms with van der Waals surface area (Å²) in [5.41, 5.74) is 4.25. The fourth-order valence-corrected chi connectivity index (χ4v) is 0.798. The van der Waals surface area contributed by atoms with E-state index >= 15 is 0 Å². The van der Waals surface area contributed by atoms with Gasteiger partial charge in [0.1, 0.15) is 0 Å². The van der Waals surface area contributed by atoms with Crippen LogP contribution in [0.25, 0.3) is 0 Å². The molecule has 4 nitrogen and oxygen atoms in total. The second kappa shape index (κ2) is 4.42. The number of hydrogen-bond donors (Lipinski definition) is 3. The van der Waals surface area contributed by atoms with E-state index in [-0.39, 0.29) is 11.9 Å². The molecule has 72 valence electrons. The third kappa shape index (κ3) is 7.50. The molecule has 0 spiro atoms. The second-order valence-corrected chi connectivity index (χ2v) is 3.76. The lowest BCUT2D eigenvalue weighted by molar-refractivity contribution is -0.118. The van der Waals surface area contributed by atoms with E-state index in [0.717, 1.165) is 0 Å². The molecule has 0 aromatic rings. The lowest BCUT2D eigenvalue weighted by Gasteiger charge is -2.20. The molecule has 4 N–H and O–H groups in total. The van der Waals surface area contributed by atoms with Gasteiger partial charge in [-0.1, -0.05) is 0 Å². The third-order valence-corrected chi connectivity index (χ3v) is 1.39. The first-order valence-corrected chi connectivity index (χ1v) is 4.05. The van der Waals surface area contributed by atoms with Crippen molar-refractivity contribution in [2.45, 2.75) is 38.8 Å². The molecule has 4 heteroatoms. The van der Waals surface area contributed by atoms with Gasteiger partial charge in [0, 0.05) is 19.0 Å². The van der Waals surface area contributed by atoms with Crippen LogP contribution in [0.2, 0.25) is 0 Å². The SMILES string of the molecule is CC(CC(N)=O)NCC(C)(C)O. The maximum atomic E-state index is 10.5. The lowest BCUT2D eigenvalue weighted by Crippen LogP contribution is -2.40. The molecule has 0 aliphatic carbocycles. The van der Waals surface area contributed by atoms with Crippen LogP contribution in [-0.2, 0) is 4.79 Å². The molecule has 0 radical (unpaired) electrons. The fourth-order valence-electron chi connectivity index (χ4n) is 0.798. The molecular weight excluding hydrogens is 156 g/mol. The van der Waals surface area contributed by atoms with Gasteiger partial charge in [0.05, 0.1) is 5.60 Å². The highest BCUT2D eigenvalue weighted by molar-refractivity contribution is 5.74. The van der Waals surface area contributed by atoms with Crippen molar-refractivity contribution in [3.8, 4) is 0 Å². The van der Waals surface area contributed by atoms with Gasteiger partial charge >= 0.3 is 0 Å². The molecule has 0 aliphatic heterocycles. The predicted molar refractivity (Wildman–Crippen MR) is 47.6 cm³/mol. The standard InChI is InChI=1S/C8H18N2O2/c1-6(4-7(9)11)10-5-8(2,3)12/h6,10,12H,4-5H2,1-3H3,(H2,9,11). The van der Waals surface area contributed by atoms with Crippen molar-refractivity contribution >= 4 is 5.91 Å². The van der Waals surface area contributed by atoms with E-state index in [1.807, 2.05) is 6.92 Å². The van der Waals surface area contributed by atoms with E-state index in [9.17, 15) is 9.90 Å². The number of nitrogens with one attached hydrogen (secondary N) is 1. The Morgan fingerprint density at radius 1 is 1.67 bits per heavy atom. The molecule has 0 rings (SSSR count). The number of aliphatic hydroxyl groups is 1. The zero-order valence-corrected chi connectivity index (χ0v) is 7.92. The van der Waals surface area contributed by atoms with Crippen LogP contribution in [0.4, 0.5) is 0 Å². The monoisotopic (exact) mass is 174 g/mol. The molecule has 1 amide bonds. The Hall–Kier alpha value is -0.610. The number of carbonyl (C=O) groups is 1. The molecule has 0 saturated heterocycles. The van der Waals surface area contributed by atoms with Crippen LogP contribution in [0.3, 0.4) is 0 Å². The minimum atomic E-state index is -0.744. The maximum Gasteiger partial charge on any atom is 0.218 e. The van der Waals surface area contributed by atoms with Gasteiger partial charge in [-0.25, -0.2) is 0 Å². The van der Waals surface area contributed by atoms with Crippen molar-refractivity contribution in [2.24, 2.45) is 5.73 Å². The first kappa shape index (κ1) is 11.4. The topological polar surface area (TPSA) is 75.4 Å². The molecule has 0 aromatic heterocycles. The summed E-state index contributed by atoms with van der Waals surface area (Å²) in [5, 5.41) is 12.3. The van der Waals surface area contributed by atoms with Crippen molar-refractivity contribution in [3.05, 3.63) is 0 Å². The predicted octanol–water partition coefficient (Wildman–Crippen LogP) is -0.389. The van der Waals surface area contributed by atoms with Gasteiger partial charge in [-0.15, -0.1) is 0 Å².